The summed E-state index contributed by atoms with van der Waals surface area (Å²) in [7, 11) is 3.52. The molecule has 1 saturated carbocycles. The summed E-state index contributed by atoms with van der Waals surface area (Å²) in [5, 5.41) is 6.77. The van der Waals surface area contributed by atoms with Gasteiger partial charge in [-0.15, -0.1) is 24.0 Å². The highest BCUT2D eigenvalue weighted by Gasteiger charge is 2.31. The van der Waals surface area contributed by atoms with E-state index in [2.05, 4.69) is 20.5 Å². The zero-order chi connectivity index (χ0) is 19.1. The Labute approximate surface area is 184 Å². The molecule has 1 aliphatic carbocycles. The van der Waals surface area contributed by atoms with Crippen LogP contribution in [0.15, 0.2) is 35.3 Å². The van der Waals surface area contributed by atoms with Gasteiger partial charge in [-0.3, -0.25) is 14.7 Å². The van der Waals surface area contributed by atoms with Crippen molar-refractivity contribution < 1.29 is 9.53 Å². The summed E-state index contributed by atoms with van der Waals surface area (Å²) >= 11 is 0. The van der Waals surface area contributed by atoms with Gasteiger partial charge in [0.05, 0.1) is 12.6 Å². The Hall–Kier alpha value is -1.39. The molecule has 0 aromatic heterocycles. The van der Waals surface area contributed by atoms with Gasteiger partial charge in [0.1, 0.15) is 0 Å². The van der Waals surface area contributed by atoms with Gasteiger partial charge in [-0.05, 0) is 25.0 Å². The number of carbonyl (C=O) groups excluding carboxylic acids is 1. The highest BCUT2D eigenvalue weighted by Crippen LogP contribution is 2.26. The minimum atomic E-state index is 0. The minimum absolute atomic E-state index is 0. The van der Waals surface area contributed by atoms with Crippen LogP contribution in [0.4, 0.5) is 5.69 Å². The van der Waals surface area contributed by atoms with Crippen molar-refractivity contribution in [1.82, 2.24) is 15.5 Å². The fourth-order valence-electron chi connectivity index (χ4n) is 3.49. The Morgan fingerprint density at radius 3 is 2.68 bits per heavy atom. The van der Waals surface area contributed by atoms with E-state index in [4.69, 9.17) is 4.74 Å². The number of anilines is 1. The average molecular weight is 501 g/mol. The van der Waals surface area contributed by atoms with Crippen LogP contribution in [0, 0.1) is 0 Å². The zero-order valence-corrected chi connectivity index (χ0v) is 19.1. The molecule has 2 N–H and O–H groups in total. The van der Waals surface area contributed by atoms with Gasteiger partial charge < -0.3 is 20.3 Å². The molecule has 1 aromatic carbocycles. The van der Waals surface area contributed by atoms with Crippen molar-refractivity contribution in [3.8, 4) is 0 Å². The minimum Gasteiger partial charge on any atom is -0.383 e. The molecule has 8 heteroatoms. The number of para-hydroxylation sites is 1. The van der Waals surface area contributed by atoms with Crippen molar-refractivity contribution in [3.05, 3.63) is 30.3 Å². The second-order valence-corrected chi connectivity index (χ2v) is 7.14. The van der Waals surface area contributed by atoms with Crippen LogP contribution in [0.5, 0.6) is 0 Å². The van der Waals surface area contributed by atoms with Gasteiger partial charge in [-0.1, -0.05) is 18.2 Å². The molecule has 1 atom stereocenters. The van der Waals surface area contributed by atoms with E-state index in [0.29, 0.717) is 19.0 Å². The van der Waals surface area contributed by atoms with Crippen molar-refractivity contribution >= 4 is 41.5 Å². The van der Waals surface area contributed by atoms with Gasteiger partial charge >= 0.3 is 0 Å². The highest BCUT2D eigenvalue weighted by molar-refractivity contribution is 14.0. The van der Waals surface area contributed by atoms with Crippen LogP contribution < -0.4 is 15.5 Å². The quantitative estimate of drug-likeness (QED) is 0.306. The third-order valence-corrected chi connectivity index (χ3v) is 5.09. The Balaban J connectivity index is 0.00000280. The maximum Gasteiger partial charge on any atom is 0.229 e. The lowest BCUT2D eigenvalue weighted by Gasteiger charge is -2.23. The summed E-state index contributed by atoms with van der Waals surface area (Å²) in [6, 6.07) is 10.6. The van der Waals surface area contributed by atoms with E-state index in [0.717, 1.165) is 37.9 Å². The predicted molar refractivity (Wildman–Crippen MR) is 124 cm³/mol. The third kappa shape index (κ3) is 6.59. The molecule has 2 aliphatic rings. The number of benzene rings is 1. The number of carbonyl (C=O) groups is 1. The molecule has 0 radical (unpaired) electrons. The van der Waals surface area contributed by atoms with Crippen LogP contribution >= 0.6 is 24.0 Å². The molecule has 28 heavy (non-hydrogen) atoms. The molecular formula is C20H32IN5O2. The van der Waals surface area contributed by atoms with Gasteiger partial charge in [-0.25, -0.2) is 0 Å². The number of aliphatic imine (C=N–C) groups is 1. The molecular weight excluding hydrogens is 469 g/mol. The number of ether oxygens (including phenoxy) is 1. The summed E-state index contributed by atoms with van der Waals surface area (Å²) in [4.78, 5) is 21.0. The molecule has 1 heterocycles. The lowest BCUT2D eigenvalue weighted by Crippen LogP contribution is -2.47. The van der Waals surface area contributed by atoms with Gasteiger partial charge in [0.25, 0.3) is 0 Å². The number of halogens is 1. The standard InChI is InChI=1S/C20H31N5O2.HI/c1-21-20(22-10-11-24(12-13-27-2)17-8-9-17)23-16-14-19(26)25(15-16)18-6-4-3-5-7-18;/h3-7,16-17H,8-15H2,1-2H3,(H2,21,22,23);1H. The molecule has 7 nitrogen and oxygen atoms in total. The number of amides is 1. The molecule has 2 fully saturated rings. The molecule has 1 aromatic rings. The van der Waals surface area contributed by atoms with E-state index >= 15 is 0 Å². The monoisotopic (exact) mass is 501 g/mol. The van der Waals surface area contributed by atoms with Crippen LogP contribution in [0.25, 0.3) is 0 Å². The Kier molecular flexibility index (Phi) is 9.46. The predicted octanol–water partition coefficient (Wildman–Crippen LogP) is 1.69. The van der Waals surface area contributed by atoms with Crippen molar-refractivity contribution in [2.75, 3.05) is 51.8 Å². The first-order valence-corrected chi connectivity index (χ1v) is 9.77. The maximum absolute atomic E-state index is 12.3. The van der Waals surface area contributed by atoms with Crippen LogP contribution in [0.3, 0.4) is 0 Å². The fraction of sp³-hybridized carbons (Fsp3) is 0.600. The van der Waals surface area contributed by atoms with Gasteiger partial charge in [0, 0.05) is 58.5 Å². The normalized spacial score (nSPS) is 19.7. The van der Waals surface area contributed by atoms with Gasteiger partial charge in [0.15, 0.2) is 5.96 Å². The molecule has 1 saturated heterocycles. The number of nitrogens with zero attached hydrogens (tertiary/aromatic N) is 3. The number of hydrogen-bond acceptors (Lipinski definition) is 4. The van der Waals surface area contributed by atoms with Crippen LogP contribution in [-0.4, -0.2) is 75.8 Å². The van der Waals surface area contributed by atoms with Crippen LogP contribution in [0.1, 0.15) is 19.3 Å². The lowest BCUT2D eigenvalue weighted by atomic mass is 10.2. The van der Waals surface area contributed by atoms with E-state index in [1.165, 1.54) is 12.8 Å². The topological polar surface area (TPSA) is 69.2 Å². The van der Waals surface area contributed by atoms with Crippen LogP contribution in [-0.2, 0) is 9.53 Å². The first-order valence-electron chi connectivity index (χ1n) is 9.77. The number of rotatable bonds is 9. The Morgan fingerprint density at radius 2 is 2.04 bits per heavy atom. The van der Waals surface area contributed by atoms with Crippen molar-refractivity contribution in [3.63, 3.8) is 0 Å². The molecule has 156 valence electrons. The van der Waals surface area contributed by atoms with Crippen molar-refractivity contribution in [1.29, 1.82) is 0 Å². The number of nitrogens with one attached hydrogen (secondary N) is 2. The maximum atomic E-state index is 12.3. The van der Waals surface area contributed by atoms with E-state index in [1.807, 2.05) is 35.2 Å². The first kappa shape index (κ1) is 22.9. The van der Waals surface area contributed by atoms with E-state index in [-0.39, 0.29) is 35.9 Å². The lowest BCUT2D eigenvalue weighted by molar-refractivity contribution is -0.117. The summed E-state index contributed by atoms with van der Waals surface area (Å²) in [5.74, 6) is 0.902. The molecule has 1 aliphatic heterocycles. The van der Waals surface area contributed by atoms with Crippen molar-refractivity contribution in [2.24, 2.45) is 4.99 Å². The largest absolute Gasteiger partial charge is 0.383 e. The molecule has 0 spiro atoms. The Bertz CT molecular complexity index is 639. The number of guanidine groups is 1. The molecule has 1 unspecified atom stereocenters. The average Bonchev–Trinajstić information content (AvgIpc) is 3.47. The van der Waals surface area contributed by atoms with E-state index < -0.39 is 0 Å². The Morgan fingerprint density at radius 1 is 1.29 bits per heavy atom. The first-order chi connectivity index (χ1) is 13.2. The summed E-state index contributed by atoms with van der Waals surface area (Å²) in [6.07, 6.45) is 3.06. The SMILES string of the molecule is CN=C(NCCN(CCOC)C1CC1)NC1CC(=O)N(c2ccccc2)C1.I. The molecule has 3 rings (SSSR count). The number of hydrogen-bond donors (Lipinski definition) is 2. The molecule has 1 amide bonds. The van der Waals surface area contributed by atoms with Crippen molar-refractivity contribution in [2.45, 2.75) is 31.3 Å². The second-order valence-electron chi connectivity index (χ2n) is 7.14. The smallest absolute Gasteiger partial charge is 0.229 e. The van der Waals surface area contributed by atoms with E-state index in [1.54, 1.807) is 14.2 Å². The van der Waals surface area contributed by atoms with Gasteiger partial charge in [-0.2, -0.15) is 0 Å². The second kappa shape index (κ2) is 11.6. The molecule has 0 bridgehead atoms. The third-order valence-electron chi connectivity index (χ3n) is 5.09. The number of methoxy groups -OCH3 is 1. The summed E-state index contributed by atoms with van der Waals surface area (Å²) in [6.45, 7) is 4.18. The summed E-state index contributed by atoms with van der Waals surface area (Å²) in [5.41, 5.74) is 0.952. The highest BCUT2D eigenvalue weighted by atomic mass is 127. The van der Waals surface area contributed by atoms with Gasteiger partial charge in [0.2, 0.25) is 5.91 Å². The van der Waals surface area contributed by atoms with Crippen LogP contribution in [0.2, 0.25) is 0 Å². The fourth-order valence-corrected chi connectivity index (χ4v) is 3.49. The zero-order valence-electron chi connectivity index (χ0n) is 16.8. The van der Waals surface area contributed by atoms with E-state index in [9.17, 15) is 4.79 Å². The summed E-state index contributed by atoms with van der Waals surface area (Å²) < 4.78 is 5.21.